The van der Waals surface area contributed by atoms with Gasteiger partial charge in [-0.25, -0.2) is 9.48 Å². The van der Waals surface area contributed by atoms with Gasteiger partial charge in [0, 0.05) is 6.20 Å². The number of hydrogen-bond donors (Lipinski definition) is 1. The number of hydrogen-bond acceptors (Lipinski definition) is 2. The average Bonchev–Trinajstić information content (AvgIpc) is 2.30. The minimum atomic E-state index is -2.79. The van der Waals surface area contributed by atoms with E-state index >= 15 is 0 Å². The van der Waals surface area contributed by atoms with Crippen LogP contribution in [-0.4, -0.2) is 20.9 Å². The van der Waals surface area contributed by atoms with Gasteiger partial charge in [0.2, 0.25) is 0 Å². The Kier molecular flexibility index (Phi) is 2.07. The highest BCUT2D eigenvalue weighted by Gasteiger charge is 2.15. The molecule has 0 saturated carbocycles. The van der Waals surface area contributed by atoms with Crippen LogP contribution in [0.2, 0.25) is 0 Å². The maximum absolute atomic E-state index is 11.9. The van der Waals surface area contributed by atoms with Crippen molar-refractivity contribution in [2.45, 2.75) is 13.5 Å². The van der Waals surface area contributed by atoms with Gasteiger partial charge in [0.25, 0.3) is 0 Å². The lowest BCUT2D eigenvalue weighted by atomic mass is 10.3. The first-order chi connectivity index (χ1) is 5.52. The lowest BCUT2D eigenvalue weighted by Crippen LogP contribution is -1.98. The summed E-state index contributed by atoms with van der Waals surface area (Å²) in [7, 11) is 0. The Bertz CT molecular complexity index is 308. The number of carboxylic acid groups (broad SMARTS) is 1. The van der Waals surface area contributed by atoms with Crippen LogP contribution >= 0.6 is 0 Å². The monoisotopic (exact) mass is 176 g/mol. The fourth-order valence-electron chi connectivity index (χ4n) is 0.792. The van der Waals surface area contributed by atoms with E-state index in [1.807, 2.05) is 0 Å². The summed E-state index contributed by atoms with van der Waals surface area (Å²) >= 11 is 0. The third-order valence-electron chi connectivity index (χ3n) is 1.35. The number of carbonyl (C=O) groups is 1. The van der Waals surface area contributed by atoms with Crippen molar-refractivity contribution in [2.75, 3.05) is 0 Å². The largest absolute Gasteiger partial charge is 0.478 e. The van der Waals surface area contributed by atoms with Crippen LogP contribution in [0.1, 0.15) is 22.6 Å². The summed E-state index contributed by atoms with van der Waals surface area (Å²) in [5, 5.41) is 11.8. The van der Waals surface area contributed by atoms with Gasteiger partial charge in [-0.2, -0.15) is 13.9 Å². The Labute approximate surface area is 66.4 Å². The van der Waals surface area contributed by atoms with E-state index < -0.39 is 12.5 Å². The number of alkyl halides is 2. The molecule has 4 nitrogen and oxygen atoms in total. The summed E-state index contributed by atoms with van der Waals surface area (Å²) in [6.07, 6.45) is 0.808. The average molecular weight is 176 g/mol. The Balaban J connectivity index is 3.09. The maximum Gasteiger partial charge on any atom is 0.339 e. The molecule has 1 heterocycles. The van der Waals surface area contributed by atoms with E-state index in [1.54, 1.807) is 0 Å². The van der Waals surface area contributed by atoms with Gasteiger partial charge in [-0.1, -0.05) is 0 Å². The van der Waals surface area contributed by atoms with Crippen LogP contribution in [0.15, 0.2) is 6.20 Å². The Morgan fingerprint density at radius 1 is 1.75 bits per heavy atom. The van der Waals surface area contributed by atoms with Crippen molar-refractivity contribution >= 4 is 5.97 Å². The van der Waals surface area contributed by atoms with E-state index in [2.05, 4.69) is 5.10 Å². The normalized spacial score (nSPS) is 10.7. The van der Waals surface area contributed by atoms with Gasteiger partial charge in [-0.3, -0.25) is 0 Å². The van der Waals surface area contributed by atoms with Crippen LogP contribution in [0.3, 0.4) is 0 Å². The third kappa shape index (κ3) is 1.41. The molecule has 6 heteroatoms. The number of nitrogens with zero attached hydrogens (tertiary/aromatic N) is 2. The predicted molar refractivity (Wildman–Crippen MR) is 35.2 cm³/mol. The van der Waals surface area contributed by atoms with Crippen LogP contribution in [0.5, 0.6) is 0 Å². The van der Waals surface area contributed by atoms with Crippen LogP contribution in [0.25, 0.3) is 0 Å². The molecule has 1 aromatic heterocycles. The first-order valence-electron chi connectivity index (χ1n) is 3.09. The molecule has 0 saturated heterocycles. The zero-order valence-electron chi connectivity index (χ0n) is 6.16. The molecule has 0 aromatic carbocycles. The van der Waals surface area contributed by atoms with Crippen molar-refractivity contribution < 1.29 is 18.7 Å². The molecular weight excluding hydrogens is 170 g/mol. The van der Waals surface area contributed by atoms with E-state index in [-0.39, 0.29) is 11.3 Å². The van der Waals surface area contributed by atoms with E-state index in [0.717, 1.165) is 6.20 Å². The maximum atomic E-state index is 11.9. The van der Waals surface area contributed by atoms with E-state index in [4.69, 9.17) is 5.11 Å². The number of aromatic nitrogens is 2. The van der Waals surface area contributed by atoms with Gasteiger partial charge in [0.05, 0.1) is 5.69 Å². The van der Waals surface area contributed by atoms with Crippen LogP contribution in [-0.2, 0) is 0 Å². The Morgan fingerprint density at radius 2 is 2.33 bits per heavy atom. The van der Waals surface area contributed by atoms with Crippen LogP contribution in [0.4, 0.5) is 8.78 Å². The summed E-state index contributed by atoms with van der Waals surface area (Å²) in [5.74, 6) is -1.25. The molecule has 0 atom stereocenters. The van der Waals surface area contributed by atoms with E-state index in [9.17, 15) is 13.6 Å². The van der Waals surface area contributed by atoms with Gasteiger partial charge < -0.3 is 5.11 Å². The van der Waals surface area contributed by atoms with E-state index in [0.29, 0.717) is 4.68 Å². The molecule has 12 heavy (non-hydrogen) atoms. The minimum Gasteiger partial charge on any atom is -0.478 e. The summed E-state index contributed by atoms with van der Waals surface area (Å²) in [5.41, 5.74) is -0.113. The minimum absolute atomic E-state index is 0.0859. The number of aryl methyl sites for hydroxylation is 1. The standard InChI is InChI=1S/C6H6F2N2O2/c1-3-4(5(11)12)2-10(9-3)6(7)8/h2,6H,1H3,(H,11,12). The zero-order chi connectivity index (χ0) is 9.30. The van der Waals surface area contributed by atoms with Gasteiger partial charge in [-0.15, -0.1) is 0 Å². The summed E-state index contributed by atoms with van der Waals surface area (Å²) in [6, 6.07) is 0. The topological polar surface area (TPSA) is 55.1 Å². The molecule has 1 N–H and O–H groups in total. The SMILES string of the molecule is Cc1nn(C(F)F)cc1C(=O)O. The smallest absolute Gasteiger partial charge is 0.339 e. The summed E-state index contributed by atoms with van der Waals surface area (Å²) in [4.78, 5) is 10.4. The molecule has 0 spiro atoms. The Hall–Kier alpha value is -1.46. The molecule has 66 valence electrons. The van der Waals surface area contributed by atoms with Crippen molar-refractivity contribution in [1.82, 2.24) is 9.78 Å². The number of aromatic carboxylic acids is 1. The molecule has 0 unspecified atom stereocenters. The van der Waals surface area contributed by atoms with Crippen molar-refractivity contribution in [3.63, 3.8) is 0 Å². The van der Waals surface area contributed by atoms with Gasteiger partial charge in [0.1, 0.15) is 5.56 Å². The third-order valence-corrected chi connectivity index (χ3v) is 1.35. The second-order valence-corrected chi connectivity index (χ2v) is 2.19. The zero-order valence-corrected chi connectivity index (χ0v) is 6.16. The number of rotatable bonds is 2. The van der Waals surface area contributed by atoms with Crippen molar-refractivity contribution in [2.24, 2.45) is 0 Å². The summed E-state index contributed by atoms with van der Waals surface area (Å²) < 4.78 is 24.2. The quantitative estimate of drug-likeness (QED) is 0.738. The second-order valence-electron chi connectivity index (χ2n) is 2.19. The Morgan fingerprint density at radius 3 is 2.58 bits per heavy atom. The number of halogens is 2. The molecular formula is C6H6F2N2O2. The highest BCUT2D eigenvalue weighted by atomic mass is 19.3. The highest BCUT2D eigenvalue weighted by molar-refractivity contribution is 5.88. The molecule has 0 aliphatic carbocycles. The molecule has 0 amide bonds. The molecule has 0 aliphatic heterocycles. The molecule has 0 radical (unpaired) electrons. The van der Waals surface area contributed by atoms with Gasteiger partial charge in [0.15, 0.2) is 0 Å². The molecule has 0 aliphatic rings. The highest BCUT2D eigenvalue weighted by Crippen LogP contribution is 2.12. The fraction of sp³-hybridized carbons (Fsp3) is 0.333. The van der Waals surface area contributed by atoms with E-state index in [1.165, 1.54) is 6.92 Å². The second kappa shape index (κ2) is 2.88. The molecule has 0 bridgehead atoms. The lowest BCUT2D eigenvalue weighted by Gasteiger charge is -1.94. The molecule has 1 aromatic rings. The van der Waals surface area contributed by atoms with Crippen molar-refractivity contribution in [3.05, 3.63) is 17.5 Å². The van der Waals surface area contributed by atoms with Crippen LogP contribution < -0.4 is 0 Å². The van der Waals surface area contributed by atoms with Crippen molar-refractivity contribution in [1.29, 1.82) is 0 Å². The number of carboxylic acids is 1. The van der Waals surface area contributed by atoms with Crippen molar-refractivity contribution in [3.8, 4) is 0 Å². The summed E-state index contributed by atoms with van der Waals surface area (Å²) in [6.45, 7) is -1.43. The predicted octanol–water partition coefficient (Wildman–Crippen LogP) is 1.28. The first kappa shape index (κ1) is 8.63. The first-order valence-corrected chi connectivity index (χ1v) is 3.09. The van der Waals surface area contributed by atoms with Crippen LogP contribution in [0, 0.1) is 6.92 Å². The molecule has 0 fully saturated rings. The van der Waals surface area contributed by atoms with Gasteiger partial charge in [-0.05, 0) is 6.92 Å². The van der Waals surface area contributed by atoms with Gasteiger partial charge >= 0.3 is 12.5 Å². The lowest BCUT2D eigenvalue weighted by molar-refractivity contribution is 0.0560. The molecule has 1 rings (SSSR count). The fourth-order valence-corrected chi connectivity index (χ4v) is 0.792.